The molecule has 0 saturated heterocycles. The van der Waals surface area contributed by atoms with Crippen molar-refractivity contribution in [1.29, 1.82) is 5.26 Å². The van der Waals surface area contributed by atoms with Gasteiger partial charge in [-0.25, -0.2) is 0 Å². The first-order chi connectivity index (χ1) is 10.6. The first-order valence-corrected chi connectivity index (χ1v) is 7.61. The number of amidine groups is 1. The molecule has 0 aliphatic rings. The lowest BCUT2D eigenvalue weighted by atomic mass is 10.2. The number of oxime groups is 1. The molecule has 0 aromatic heterocycles. The third-order valence-electron chi connectivity index (χ3n) is 1.97. The molecule has 0 amide bonds. The molecule has 21 heavy (non-hydrogen) atoms. The van der Waals surface area contributed by atoms with Gasteiger partial charge in [0.2, 0.25) is 0 Å². The smallest absolute Gasteiger partial charge is 0.170 e. The molecule has 0 radical (unpaired) electrons. The second-order valence-corrected chi connectivity index (χ2v) is 3.17. The summed E-state index contributed by atoms with van der Waals surface area (Å²) in [5.41, 5.74) is 6.50. The number of hydrogen-bond donors (Lipinski definition) is 2. The molecule has 4 nitrogen and oxygen atoms in total. The van der Waals surface area contributed by atoms with Crippen LogP contribution in [0.2, 0.25) is 0 Å². The zero-order valence-corrected chi connectivity index (χ0v) is 13.1. The number of nitriles is 1. The number of alkyl halides is 1. The molecule has 0 bridgehead atoms. The highest BCUT2D eigenvalue weighted by Crippen LogP contribution is 1.96. The zero-order chi connectivity index (χ0) is 17.0. The van der Waals surface area contributed by atoms with E-state index in [1.807, 2.05) is 11.0 Å². The Hall–Kier alpha value is -2.07. The highest BCUT2D eigenvalue weighted by molar-refractivity contribution is 14.1. The van der Waals surface area contributed by atoms with Crippen LogP contribution in [0.5, 0.6) is 0 Å². The summed E-state index contributed by atoms with van der Waals surface area (Å²) in [6.07, 6.45) is 0. The molecule has 5 heteroatoms. The number of nitrogens with zero attached hydrogens (tertiary/aromatic N) is 2. The summed E-state index contributed by atoms with van der Waals surface area (Å²) in [6.45, 7) is 0. The Labute approximate surface area is 142 Å². The van der Waals surface area contributed by atoms with Gasteiger partial charge in [-0.05, 0) is 17.1 Å². The molecule has 0 heterocycles. The summed E-state index contributed by atoms with van der Waals surface area (Å²) in [6, 6.07) is 15.7. The minimum Gasteiger partial charge on any atom is -0.409 e. The predicted octanol–water partition coefficient (Wildman–Crippen LogP) is 4.03. The SMILES string of the molecule is C.CI.[3H]c1ccc(/C(N)=N/O)cc1.[3H]c1ccc(C#N)cc1. The molecule has 112 valence electrons. The Morgan fingerprint density at radius 3 is 2.00 bits per heavy atom. The van der Waals surface area contributed by atoms with Gasteiger partial charge in [0.1, 0.15) is 0 Å². The van der Waals surface area contributed by atoms with Crippen LogP contribution in [0, 0.1) is 11.3 Å². The van der Waals surface area contributed by atoms with E-state index in [1.54, 1.807) is 48.5 Å². The van der Waals surface area contributed by atoms with Crippen molar-refractivity contribution in [3.05, 3.63) is 71.7 Å². The first-order valence-electron chi connectivity index (χ1n) is 6.46. The second kappa shape index (κ2) is 14.3. The van der Waals surface area contributed by atoms with Gasteiger partial charge >= 0.3 is 0 Å². The Morgan fingerprint density at radius 1 is 1.19 bits per heavy atom. The average Bonchev–Trinajstić information content (AvgIpc) is 2.58. The molecule has 2 rings (SSSR count). The standard InChI is InChI=1S/C7H8N2O.C7H5N.CH3I.CH4/c8-7(9-10)6-4-2-1-3-5-6;8-6-7-4-2-1-3-5-7;1-2;/h1-5,10H,(H2,8,9);1-5H;1H3;1H4/i2*1T;;. The maximum Gasteiger partial charge on any atom is 0.170 e. The van der Waals surface area contributed by atoms with Crippen LogP contribution in [0.3, 0.4) is 0 Å². The monoisotopic (exact) mass is 401 g/mol. The minimum absolute atomic E-state index is 0. The van der Waals surface area contributed by atoms with Gasteiger partial charge in [-0.2, -0.15) is 5.26 Å². The quantitative estimate of drug-likeness (QED) is 0.189. The number of rotatable bonds is 1. The fourth-order valence-corrected chi connectivity index (χ4v) is 1.08. The minimum atomic E-state index is 0. The normalized spacial score (nSPS) is 10.0. The van der Waals surface area contributed by atoms with Gasteiger partial charge in [0, 0.05) is 5.56 Å². The molecular weight excluding hydrogens is 377 g/mol. The average molecular weight is 401 g/mol. The van der Waals surface area contributed by atoms with Gasteiger partial charge < -0.3 is 10.9 Å². The van der Waals surface area contributed by atoms with Crippen molar-refractivity contribution in [2.45, 2.75) is 7.43 Å². The van der Waals surface area contributed by atoms with Crippen molar-refractivity contribution in [2.24, 2.45) is 10.9 Å². The number of benzene rings is 2. The van der Waals surface area contributed by atoms with Gasteiger partial charge in [0.15, 0.2) is 5.84 Å². The Bertz CT molecular complexity index is 623. The van der Waals surface area contributed by atoms with E-state index >= 15 is 0 Å². The first kappa shape index (κ1) is 17.0. The summed E-state index contributed by atoms with van der Waals surface area (Å²) >= 11 is 2.15. The van der Waals surface area contributed by atoms with E-state index in [9.17, 15) is 0 Å². The molecule has 0 aliphatic carbocycles. The molecule has 3 N–H and O–H groups in total. The lowest BCUT2D eigenvalue weighted by Crippen LogP contribution is -2.12. The Morgan fingerprint density at radius 2 is 1.62 bits per heavy atom. The summed E-state index contributed by atoms with van der Waals surface area (Å²) in [4.78, 5) is 1.97. The van der Waals surface area contributed by atoms with Crippen molar-refractivity contribution in [1.82, 2.24) is 0 Å². The van der Waals surface area contributed by atoms with Crippen LogP contribution >= 0.6 is 22.6 Å². The molecule has 2 aromatic carbocycles. The van der Waals surface area contributed by atoms with Crippen molar-refractivity contribution in [2.75, 3.05) is 4.93 Å². The van der Waals surface area contributed by atoms with E-state index in [1.165, 1.54) is 0 Å². The topological polar surface area (TPSA) is 82.4 Å². The van der Waals surface area contributed by atoms with E-state index in [-0.39, 0.29) is 13.3 Å². The lowest BCUT2D eigenvalue weighted by molar-refractivity contribution is 0.318. The molecule has 0 aliphatic heterocycles. The van der Waals surface area contributed by atoms with Gasteiger partial charge in [-0.1, -0.05) is 83.7 Å². The third-order valence-corrected chi connectivity index (χ3v) is 1.97. The van der Waals surface area contributed by atoms with Crippen LogP contribution in [0.4, 0.5) is 0 Å². The second-order valence-electron chi connectivity index (χ2n) is 3.17. The van der Waals surface area contributed by atoms with Crippen LogP contribution in [0.25, 0.3) is 0 Å². The van der Waals surface area contributed by atoms with Crippen LogP contribution in [0.15, 0.2) is 65.8 Å². The molecule has 0 spiro atoms. The molecule has 0 saturated carbocycles. The molecule has 0 unspecified atom stereocenters. The zero-order valence-electron chi connectivity index (χ0n) is 12.9. The van der Waals surface area contributed by atoms with Crippen LogP contribution < -0.4 is 5.73 Å². The van der Waals surface area contributed by atoms with E-state index < -0.39 is 0 Å². The molecule has 2 aromatic rings. The molecule has 0 atom stereocenters. The van der Waals surface area contributed by atoms with Gasteiger partial charge in [0.25, 0.3) is 0 Å². The van der Waals surface area contributed by atoms with Gasteiger partial charge in [-0.15, -0.1) is 0 Å². The van der Waals surface area contributed by atoms with Gasteiger partial charge in [-0.3, -0.25) is 0 Å². The highest BCUT2D eigenvalue weighted by Gasteiger charge is 1.93. The maximum absolute atomic E-state index is 8.32. The van der Waals surface area contributed by atoms with Crippen molar-refractivity contribution in [3.63, 3.8) is 0 Å². The van der Waals surface area contributed by atoms with Crippen LogP contribution in [-0.2, 0) is 0 Å². The van der Waals surface area contributed by atoms with E-state index in [0.29, 0.717) is 23.2 Å². The van der Waals surface area contributed by atoms with E-state index in [0.717, 1.165) is 0 Å². The number of hydrogen-bond acceptors (Lipinski definition) is 3. The Kier molecular flexibility index (Phi) is 11.6. The Balaban J connectivity index is 0. The van der Waals surface area contributed by atoms with E-state index in [2.05, 4.69) is 27.7 Å². The molecule has 0 fully saturated rings. The predicted molar refractivity (Wildman–Crippen MR) is 96.8 cm³/mol. The summed E-state index contributed by atoms with van der Waals surface area (Å²) in [5, 5.41) is 19.4. The largest absolute Gasteiger partial charge is 0.409 e. The number of nitrogens with two attached hydrogens (primary N) is 1. The highest BCUT2D eigenvalue weighted by atomic mass is 127. The van der Waals surface area contributed by atoms with Crippen molar-refractivity contribution in [3.8, 4) is 6.07 Å². The third kappa shape index (κ3) is 9.46. The summed E-state index contributed by atoms with van der Waals surface area (Å²) < 4.78 is 14.2. The maximum atomic E-state index is 8.32. The number of halogens is 1. The van der Waals surface area contributed by atoms with Gasteiger partial charge in [0.05, 0.1) is 14.4 Å². The molecular formula is C16H20IN3O. The fourth-order valence-electron chi connectivity index (χ4n) is 1.08. The summed E-state index contributed by atoms with van der Waals surface area (Å²) in [5.74, 6) is 0.0602. The van der Waals surface area contributed by atoms with Crippen molar-refractivity contribution < 1.29 is 7.95 Å². The fraction of sp³-hybridized carbons (Fsp3) is 0.125. The summed E-state index contributed by atoms with van der Waals surface area (Å²) in [7, 11) is 0. The van der Waals surface area contributed by atoms with E-state index in [4.69, 9.17) is 18.9 Å². The van der Waals surface area contributed by atoms with Crippen LogP contribution in [-0.4, -0.2) is 16.0 Å². The van der Waals surface area contributed by atoms with Crippen LogP contribution in [0.1, 0.15) is 21.3 Å². The van der Waals surface area contributed by atoms with Crippen molar-refractivity contribution >= 4 is 28.4 Å². The lowest BCUT2D eigenvalue weighted by Gasteiger charge is -1.94.